The molecule has 6 nitrogen and oxygen atoms in total. The van der Waals surface area contributed by atoms with Gasteiger partial charge in [0, 0.05) is 5.69 Å². The van der Waals surface area contributed by atoms with Gasteiger partial charge in [-0.1, -0.05) is 18.2 Å². The SMILES string of the molecule is COc1cc(CN=C(N)Nc2ccccc2)cc(OC)c1OC. The maximum absolute atomic E-state index is 5.90. The van der Waals surface area contributed by atoms with Crippen LogP contribution in [0.15, 0.2) is 47.5 Å². The largest absolute Gasteiger partial charge is 0.493 e. The Morgan fingerprint density at radius 3 is 2.13 bits per heavy atom. The first-order valence-electron chi connectivity index (χ1n) is 7.08. The molecule has 0 fully saturated rings. The fourth-order valence-corrected chi connectivity index (χ4v) is 2.11. The molecule has 0 aliphatic carbocycles. The molecule has 0 saturated heterocycles. The summed E-state index contributed by atoms with van der Waals surface area (Å²) in [4.78, 5) is 4.33. The molecule has 0 amide bonds. The summed E-state index contributed by atoms with van der Waals surface area (Å²) in [7, 11) is 4.73. The molecule has 0 saturated carbocycles. The Morgan fingerprint density at radius 2 is 1.61 bits per heavy atom. The summed E-state index contributed by atoms with van der Waals surface area (Å²) in [6, 6.07) is 13.3. The monoisotopic (exact) mass is 315 g/mol. The van der Waals surface area contributed by atoms with E-state index in [4.69, 9.17) is 19.9 Å². The lowest BCUT2D eigenvalue weighted by atomic mass is 10.2. The first kappa shape index (κ1) is 16.5. The van der Waals surface area contributed by atoms with Crippen molar-refractivity contribution in [3.63, 3.8) is 0 Å². The zero-order chi connectivity index (χ0) is 16.7. The smallest absolute Gasteiger partial charge is 0.203 e. The van der Waals surface area contributed by atoms with Gasteiger partial charge in [0.15, 0.2) is 17.5 Å². The van der Waals surface area contributed by atoms with Crippen LogP contribution < -0.4 is 25.3 Å². The highest BCUT2D eigenvalue weighted by Crippen LogP contribution is 2.38. The molecule has 0 spiro atoms. The van der Waals surface area contributed by atoms with Crippen molar-refractivity contribution in [1.82, 2.24) is 0 Å². The first-order valence-corrected chi connectivity index (χ1v) is 7.08. The van der Waals surface area contributed by atoms with Gasteiger partial charge in [0.05, 0.1) is 27.9 Å². The average Bonchev–Trinajstić information content (AvgIpc) is 2.59. The van der Waals surface area contributed by atoms with Crippen LogP contribution in [0.1, 0.15) is 5.56 Å². The maximum Gasteiger partial charge on any atom is 0.203 e. The van der Waals surface area contributed by atoms with E-state index in [1.54, 1.807) is 21.3 Å². The van der Waals surface area contributed by atoms with E-state index < -0.39 is 0 Å². The molecule has 0 aliphatic rings. The zero-order valence-electron chi connectivity index (χ0n) is 13.5. The molecule has 6 heteroatoms. The Kier molecular flexibility index (Phi) is 5.68. The molecular formula is C17H21N3O3. The van der Waals surface area contributed by atoms with Gasteiger partial charge in [-0.2, -0.15) is 0 Å². The van der Waals surface area contributed by atoms with Crippen molar-refractivity contribution in [3.05, 3.63) is 48.0 Å². The third-order valence-electron chi connectivity index (χ3n) is 3.20. The Hall–Kier alpha value is -2.89. The van der Waals surface area contributed by atoms with Crippen LogP contribution in [0, 0.1) is 0 Å². The van der Waals surface area contributed by atoms with E-state index >= 15 is 0 Å². The van der Waals surface area contributed by atoms with E-state index in [-0.39, 0.29) is 0 Å². The van der Waals surface area contributed by atoms with Gasteiger partial charge in [-0.3, -0.25) is 0 Å². The molecule has 0 aliphatic heterocycles. The minimum atomic E-state index is 0.338. The van der Waals surface area contributed by atoms with Gasteiger partial charge in [0.1, 0.15) is 0 Å². The van der Waals surface area contributed by atoms with E-state index in [1.165, 1.54) is 0 Å². The number of nitrogens with two attached hydrogens (primary N) is 1. The number of anilines is 1. The molecule has 0 aromatic heterocycles. The fourth-order valence-electron chi connectivity index (χ4n) is 2.11. The molecule has 23 heavy (non-hydrogen) atoms. The summed E-state index contributed by atoms with van der Waals surface area (Å²) in [5.41, 5.74) is 7.69. The highest BCUT2D eigenvalue weighted by molar-refractivity contribution is 5.92. The van der Waals surface area contributed by atoms with Crippen molar-refractivity contribution in [1.29, 1.82) is 0 Å². The molecular weight excluding hydrogens is 294 g/mol. The van der Waals surface area contributed by atoms with Crippen LogP contribution >= 0.6 is 0 Å². The number of para-hydroxylation sites is 1. The van der Waals surface area contributed by atoms with Crippen molar-refractivity contribution in [2.75, 3.05) is 26.6 Å². The number of ether oxygens (including phenoxy) is 3. The number of hydrogen-bond donors (Lipinski definition) is 2. The van der Waals surface area contributed by atoms with Crippen LogP contribution in [0.25, 0.3) is 0 Å². The number of nitrogens with zero attached hydrogens (tertiary/aromatic N) is 1. The van der Waals surface area contributed by atoms with Gasteiger partial charge in [-0.25, -0.2) is 4.99 Å². The van der Waals surface area contributed by atoms with Crippen LogP contribution in [0.3, 0.4) is 0 Å². The summed E-state index contributed by atoms with van der Waals surface area (Å²) in [6.45, 7) is 0.391. The summed E-state index contributed by atoms with van der Waals surface area (Å²) < 4.78 is 15.9. The Balaban J connectivity index is 2.14. The second-order valence-corrected chi connectivity index (χ2v) is 4.73. The van der Waals surface area contributed by atoms with E-state index in [0.29, 0.717) is 29.8 Å². The van der Waals surface area contributed by atoms with Crippen LogP contribution in [-0.4, -0.2) is 27.3 Å². The third kappa shape index (κ3) is 4.29. The molecule has 122 valence electrons. The standard InChI is InChI=1S/C17H21N3O3/c1-21-14-9-12(10-15(22-2)16(14)23-3)11-19-17(18)20-13-7-5-4-6-8-13/h4-10H,11H2,1-3H3,(H3,18,19,20). The fraction of sp³-hybridized carbons (Fsp3) is 0.235. The van der Waals surface area contributed by atoms with Crippen LogP contribution in [0.2, 0.25) is 0 Å². The van der Waals surface area contributed by atoms with Crippen molar-refractivity contribution < 1.29 is 14.2 Å². The summed E-state index contributed by atoms with van der Waals surface area (Å²) in [5, 5.41) is 3.03. The average molecular weight is 315 g/mol. The van der Waals surface area contributed by atoms with Gasteiger partial charge < -0.3 is 25.3 Å². The quantitative estimate of drug-likeness (QED) is 0.633. The number of methoxy groups -OCH3 is 3. The van der Waals surface area contributed by atoms with Crippen molar-refractivity contribution in [2.45, 2.75) is 6.54 Å². The van der Waals surface area contributed by atoms with Gasteiger partial charge in [-0.05, 0) is 29.8 Å². The van der Waals surface area contributed by atoms with Crippen molar-refractivity contribution in [3.8, 4) is 17.2 Å². The maximum atomic E-state index is 5.90. The lowest BCUT2D eigenvalue weighted by Gasteiger charge is -2.13. The predicted molar refractivity (Wildman–Crippen MR) is 91.5 cm³/mol. The molecule has 0 heterocycles. The minimum absolute atomic E-state index is 0.338. The summed E-state index contributed by atoms with van der Waals surface area (Å²) in [6.07, 6.45) is 0. The van der Waals surface area contributed by atoms with Gasteiger partial charge >= 0.3 is 0 Å². The third-order valence-corrected chi connectivity index (χ3v) is 3.20. The lowest BCUT2D eigenvalue weighted by Crippen LogP contribution is -2.22. The number of aliphatic imine (C=N–C) groups is 1. The van der Waals surface area contributed by atoms with E-state index in [0.717, 1.165) is 11.3 Å². The number of guanidine groups is 1. The molecule has 0 unspecified atom stereocenters. The molecule has 0 radical (unpaired) electrons. The van der Waals surface area contributed by atoms with E-state index in [9.17, 15) is 0 Å². The number of benzene rings is 2. The summed E-state index contributed by atoms with van der Waals surface area (Å²) in [5.74, 6) is 2.07. The van der Waals surface area contributed by atoms with Crippen LogP contribution in [0.5, 0.6) is 17.2 Å². The predicted octanol–water partition coefficient (Wildman–Crippen LogP) is 2.64. The Bertz CT molecular complexity index is 647. The molecule has 3 N–H and O–H groups in total. The van der Waals surface area contributed by atoms with Crippen LogP contribution in [0.4, 0.5) is 5.69 Å². The molecule has 2 rings (SSSR count). The molecule has 2 aromatic carbocycles. The second kappa shape index (κ2) is 7.93. The topological polar surface area (TPSA) is 78.1 Å². The van der Waals surface area contributed by atoms with Gasteiger partial charge in [0.2, 0.25) is 5.75 Å². The lowest BCUT2D eigenvalue weighted by molar-refractivity contribution is 0.324. The Labute approximate surface area is 135 Å². The number of hydrogen-bond acceptors (Lipinski definition) is 4. The van der Waals surface area contributed by atoms with Crippen molar-refractivity contribution >= 4 is 11.6 Å². The van der Waals surface area contributed by atoms with E-state index in [2.05, 4.69) is 10.3 Å². The number of rotatable bonds is 6. The van der Waals surface area contributed by atoms with Crippen molar-refractivity contribution in [2.24, 2.45) is 10.7 Å². The van der Waals surface area contributed by atoms with Gasteiger partial charge in [0.25, 0.3) is 0 Å². The highest BCUT2D eigenvalue weighted by atomic mass is 16.5. The van der Waals surface area contributed by atoms with E-state index in [1.807, 2.05) is 42.5 Å². The highest BCUT2D eigenvalue weighted by Gasteiger charge is 2.12. The normalized spacial score (nSPS) is 11.0. The molecule has 0 atom stereocenters. The molecule has 2 aromatic rings. The molecule has 0 bridgehead atoms. The first-order chi connectivity index (χ1) is 11.2. The minimum Gasteiger partial charge on any atom is -0.493 e. The van der Waals surface area contributed by atoms with Gasteiger partial charge in [-0.15, -0.1) is 0 Å². The van der Waals surface area contributed by atoms with Crippen LogP contribution in [-0.2, 0) is 6.54 Å². The Morgan fingerprint density at radius 1 is 1.00 bits per heavy atom. The zero-order valence-corrected chi connectivity index (χ0v) is 13.5. The second-order valence-electron chi connectivity index (χ2n) is 4.73. The summed E-state index contributed by atoms with van der Waals surface area (Å²) >= 11 is 0. The number of nitrogens with one attached hydrogen (secondary N) is 1.